The lowest BCUT2D eigenvalue weighted by Gasteiger charge is -2.12. The Labute approximate surface area is 130 Å². The Morgan fingerprint density at radius 3 is 2.67 bits per heavy atom. The summed E-state index contributed by atoms with van der Waals surface area (Å²) in [5.41, 5.74) is 0.519. The number of aryl methyl sites for hydroxylation is 1. The molecule has 0 radical (unpaired) electrons. The van der Waals surface area contributed by atoms with Gasteiger partial charge in [0.05, 0.1) is 16.9 Å². The van der Waals surface area contributed by atoms with Crippen LogP contribution >= 0.6 is 23.2 Å². The van der Waals surface area contributed by atoms with Gasteiger partial charge in [-0.3, -0.25) is 10.1 Å². The molecule has 0 spiro atoms. The number of nitro benzene ring substituents is 1. The Hall–Kier alpha value is -1.85. The molecule has 0 aliphatic rings. The minimum absolute atomic E-state index is 0.0998. The first-order valence-corrected chi connectivity index (χ1v) is 6.81. The third-order valence-electron chi connectivity index (χ3n) is 2.88. The van der Waals surface area contributed by atoms with Crippen LogP contribution in [0.3, 0.4) is 0 Å². The molecule has 0 aliphatic heterocycles. The molecular weight excluding hydrogens is 320 g/mol. The summed E-state index contributed by atoms with van der Waals surface area (Å²) >= 11 is 11.8. The van der Waals surface area contributed by atoms with E-state index < -0.39 is 10.7 Å². The molecule has 4 nitrogen and oxygen atoms in total. The summed E-state index contributed by atoms with van der Waals surface area (Å²) in [5, 5.41) is 11.2. The zero-order chi connectivity index (χ0) is 15.6. The maximum atomic E-state index is 13.9. The number of ether oxygens (including phenoxy) is 1. The summed E-state index contributed by atoms with van der Waals surface area (Å²) in [4.78, 5) is 10.1. The van der Waals surface area contributed by atoms with E-state index in [1.54, 1.807) is 18.2 Å². The molecule has 0 bridgehead atoms. The number of nitro groups is 1. The first kappa shape index (κ1) is 15.5. The van der Waals surface area contributed by atoms with E-state index >= 15 is 0 Å². The van der Waals surface area contributed by atoms with Gasteiger partial charge >= 0.3 is 0 Å². The molecule has 0 saturated carbocycles. The molecule has 0 fully saturated rings. The van der Waals surface area contributed by atoms with Crippen molar-refractivity contribution in [2.24, 2.45) is 0 Å². The van der Waals surface area contributed by atoms with Gasteiger partial charge in [0.1, 0.15) is 5.75 Å². The van der Waals surface area contributed by atoms with Crippen molar-refractivity contribution >= 4 is 28.9 Å². The maximum Gasteiger partial charge on any atom is 0.275 e. The van der Waals surface area contributed by atoms with Crippen molar-refractivity contribution in [1.29, 1.82) is 0 Å². The zero-order valence-electron chi connectivity index (χ0n) is 10.9. The van der Waals surface area contributed by atoms with Crippen molar-refractivity contribution < 1.29 is 14.1 Å². The van der Waals surface area contributed by atoms with Gasteiger partial charge in [-0.2, -0.15) is 0 Å². The van der Waals surface area contributed by atoms with Gasteiger partial charge in [0.15, 0.2) is 11.6 Å². The molecule has 0 aromatic heterocycles. The van der Waals surface area contributed by atoms with Crippen LogP contribution in [0.5, 0.6) is 11.5 Å². The molecule has 0 N–H and O–H groups in total. The molecule has 0 saturated heterocycles. The van der Waals surface area contributed by atoms with E-state index in [1.165, 1.54) is 13.0 Å². The third-order valence-corrected chi connectivity index (χ3v) is 3.50. The average Bonchev–Trinajstić information content (AvgIpc) is 2.42. The van der Waals surface area contributed by atoms with Crippen LogP contribution in [0.4, 0.5) is 10.1 Å². The molecule has 7 heteroatoms. The second-order valence-electron chi connectivity index (χ2n) is 4.28. The van der Waals surface area contributed by atoms with Gasteiger partial charge < -0.3 is 4.74 Å². The van der Waals surface area contributed by atoms with Gasteiger partial charge in [0, 0.05) is 16.1 Å². The van der Waals surface area contributed by atoms with E-state index in [4.69, 9.17) is 27.9 Å². The summed E-state index contributed by atoms with van der Waals surface area (Å²) in [6, 6.07) is 6.98. The molecule has 2 rings (SSSR count). The lowest BCUT2D eigenvalue weighted by Crippen LogP contribution is -1.97. The smallest absolute Gasteiger partial charge is 0.275 e. The Balaban J connectivity index is 2.43. The minimum Gasteiger partial charge on any atom is -0.454 e. The van der Waals surface area contributed by atoms with Crippen LogP contribution in [-0.2, 0) is 5.88 Å². The first-order chi connectivity index (χ1) is 9.93. The van der Waals surface area contributed by atoms with Crippen molar-refractivity contribution in [3.63, 3.8) is 0 Å². The molecule has 0 unspecified atom stereocenters. The number of rotatable bonds is 4. The number of benzene rings is 2. The van der Waals surface area contributed by atoms with E-state index in [9.17, 15) is 14.5 Å². The molecule has 21 heavy (non-hydrogen) atoms. The lowest BCUT2D eigenvalue weighted by atomic mass is 10.2. The molecule has 2 aromatic carbocycles. The largest absolute Gasteiger partial charge is 0.454 e. The van der Waals surface area contributed by atoms with Gasteiger partial charge in [0.25, 0.3) is 5.69 Å². The number of alkyl halides is 1. The van der Waals surface area contributed by atoms with Gasteiger partial charge in [-0.05, 0) is 25.1 Å². The summed E-state index contributed by atoms with van der Waals surface area (Å²) in [5.74, 6) is -0.535. The van der Waals surface area contributed by atoms with Gasteiger partial charge in [-0.15, -0.1) is 11.6 Å². The van der Waals surface area contributed by atoms with Crippen molar-refractivity contribution in [2.45, 2.75) is 12.8 Å². The monoisotopic (exact) mass is 329 g/mol. The Morgan fingerprint density at radius 2 is 2.05 bits per heavy atom. The van der Waals surface area contributed by atoms with Crippen LogP contribution < -0.4 is 4.74 Å². The Morgan fingerprint density at radius 1 is 1.33 bits per heavy atom. The number of hydrogen-bond donors (Lipinski definition) is 0. The Bertz CT molecular complexity index is 707. The summed E-state index contributed by atoms with van der Waals surface area (Å²) in [7, 11) is 0. The van der Waals surface area contributed by atoms with Crippen molar-refractivity contribution in [3.05, 3.63) is 62.4 Å². The lowest BCUT2D eigenvalue weighted by molar-refractivity contribution is -0.385. The summed E-state index contributed by atoms with van der Waals surface area (Å²) in [6.45, 7) is 1.50. The highest BCUT2D eigenvalue weighted by molar-refractivity contribution is 6.32. The van der Waals surface area contributed by atoms with Crippen LogP contribution in [0.25, 0.3) is 0 Å². The topological polar surface area (TPSA) is 52.4 Å². The zero-order valence-corrected chi connectivity index (χ0v) is 12.4. The van der Waals surface area contributed by atoms with Crippen molar-refractivity contribution in [1.82, 2.24) is 0 Å². The molecular formula is C14H10Cl2FNO3. The average molecular weight is 330 g/mol. The fourth-order valence-corrected chi connectivity index (χ4v) is 2.38. The maximum absolute atomic E-state index is 13.9. The van der Waals surface area contributed by atoms with E-state index in [0.29, 0.717) is 21.9 Å². The van der Waals surface area contributed by atoms with Gasteiger partial charge in [0.2, 0.25) is 0 Å². The van der Waals surface area contributed by atoms with E-state index in [1.807, 2.05) is 0 Å². The predicted octanol–water partition coefficient (Wildman–Crippen LogP) is 5.23. The highest BCUT2D eigenvalue weighted by Gasteiger charge is 2.18. The summed E-state index contributed by atoms with van der Waals surface area (Å²) in [6.07, 6.45) is 0. The molecule has 0 aliphatic carbocycles. The number of halogens is 3. The van der Waals surface area contributed by atoms with Crippen LogP contribution in [0.15, 0.2) is 30.3 Å². The molecule has 2 aromatic rings. The van der Waals surface area contributed by atoms with Crippen molar-refractivity contribution in [2.75, 3.05) is 0 Å². The van der Waals surface area contributed by atoms with Crippen molar-refractivity contribution in [3.8, 4) is 11.5 Å². The highest BCUT2D eigenvalue weighted by atomic mass is 35.5. The molecule has 0 heterocycles. The second-order valence-corrected chi connectivity index (χ2v) is 4.95. The fraction of sp³-hybridized carbons (Fsp3) is 0.143. The second kappa shape index (κ2) is 6.28. The number of nitrogens with zero attached hydrogens (tertiary/aromatic N) is 1. The minimum atomic E-state index is -0.826. The first-order valence-electron chi connectivity index (χ1n) is 5.89. The van der Waals surface area contributed by atoms with E-state index in [2.05, 4.69) is 0 Å². The number of hydrogen-bond acceptors (Lipinski definition) is 3. The molecule has 0 amide bonds. The van der Waals surface area contributed by atoms with Gasteiger partial charge in [-0.25, -0.2) is 4.39 Å². The molecule has 110 valence electrons. The standard InChI is InChI=1S/C14H10Cl2FNO3/c1-8-5-14(11(17)6-12(8)18(19)20)21-13-4-2-3-10(16)9(13)7-15/h2-6H,7H2,1H3. The predicted molar refractivity (Wildman–Crippen MR) is 78.9 cm³/mol. The Kier molecular flexibility index (Phi) is 4.65. The molecule has 0 atom stereocenters. The van der Waals surface area contributed by atoms with E-state index in [-0.39, 0.29) is 17.3 Å². The quantitative estimate of drug-likeness (QED) is 0.438. The highest BCUT2D eigenvalue weighted by Crippen LogP contribution is 2.35. The van der Waals surface area contributed by atoms with E-state index in [0.717, 1.165) is 6.07 Å². The van der Waals surface area contributed by atoms with Crippen LogP contribution in [0.1, 0.15) is 11.1 Å². The summed E-state index contributed by atoms with van der Waals surface area (Å²) < 4.78 is 19.4. The van der Waals surface area contributed by atoms with Crippen LogP contribution in [0.2, 0.25) is 5.02 Å². The third kappa shape index (κ3) is 3.25. The van der Waals surface area contributed by atoms with Crippen LogP contribution in [-0.4, -0.2) is 4.92 Å². The fourth-order valence-electron chi connectivity index (χ4n) is 1.80. The normalized spacial score (nSPS) is 10.5. The van der Waals surface area contributed by atoms with Crippen LogP contribution in [0, 0.1) is 22.9 Å². The SMILES string of the molecule is Cc1cc(Oc2cccc(Cl)c2CCl)c(F)cc1[N+](=O)[O-]. The van der Waals surface area contributed by atoms with Gasteiger partial charge in [-0.1, -0.05) is 17.7 Å².